The first-order valence-electron chi connectivity index (χ1n) is 8.01. The molecule has 124 valence electrons. The van der Waals surface area contributed by atoms with Gasteiger partial charge in [0.25, 0.3) is 0 Å². The quantitative estimate of drug-likeness (QED) is 0.767. The highest BCUT2D eigenvalue weighted by Crippen LogP contribution is 2.21. The summed E-state index contributed by atoms with van der Waals surface area (Å²) in [5.74, 6) is 0.239. The van der Waals surface area contributed by atoms with Gasteiger partial charge in [-0.05, 0) is 24.5 Å². The van der Waals surface area contributed by atoms with E-state index in [1.807, 2.05) is 18.2 Å². The van der Waals surface area contributed by atoms with E-state index in [1.165, 1.54) is 0 Å². The topological polar surface area (TPSA) is 67.6 Å². The molecule has 0 amide bonds. The van der Waals surface area contributed by atoms with Crippen molar-refractivity contribution in [2.45, 2.75) is 6.42 Å². The lowest BCUT2D eigenvalue weighted by atomic mass is 10.2. The number of rotatable bonds is 4. The van der Waals surface area contributed by atoms with Gasteiger partial charge in [-0.3, -0.25) is 0 Å². The Morgan fingerprint density at radius 3 is 2.39 bits per heavy atom. The van der Waals surface area contributed by atoms with Gasteiger partial charge in [0.05, 0.1) is 5.75 Å². The predicted octanol–water partition coefficient (Wildman–Crippen LogP) is 0.941. The Morgan fingerprint density at radius 2 is 1.78 bits per heavy atom. The number of hydrogen-bond donors (Lipinski definition) is 0. The summed E-state index contributed by atoms with van der Waals surface area (Å²) in [6, 6.07) is 10.1. The van der Waals surface area contributed by atoms with Gasteiger partial charge in [0.1, 0.15) is 0 Å². The van der Waals surface area contributed by atoms with Crippen molar-refractivity contribution in [3.05, 3.63) is 30.3 Å². The third-order valence-corrected chi connectivity index (χ3v) is 6.67. The molecule has 0 spiro atoms. The lowest BCUT2D eigenvalue weighted by Gasteiger charge is -2.35. The lowest BCUT2D eigenvalue weighted by Crippen LogP contribution is -2.50. The average Bonchev–Trinajstić information content (AvgIpc) is 3.03. The van der Waals surface area contributed by atoms with Crippen LogP contribution in [0.1, 0.15) is 6.42 Å². The van der Waals surface area contributed by atoms with Crippen LogP contribution in [0.15, 0.2) is 30.3 Å². The van der Waals surface area contributed by atoms with Crippen molar-refractivity contribution in [1.29, 1.82) is 5.26 Å². The maximum Gasteiger partial charge on any atom is 0.214 e. The fourth-order valence-electron chi connectivity index (χ4n) is 3.33. The summed E-state index contributed by atoms with van der Waals surface area (Å²) in [6.45, 7) is 3.76. The van der Waals surface area contributed by atoms with Crippen LogP contribution in [0.4, 0.5) is 5.69 Å². The molecule has 7 heteroatoms. The molecule has 2 saturated heterocycles. The molecule has 2 aliphatic rings. The summed E-state index contributed by atoms with van der Waals surface area (Å²) < 4.78 is 26.8. The molecule has 3 rings (SSSR count). The zero-order chi connectivity index (χ0) is 16.3. The van der Waals surface area contributed by atoms with Crippen LogP contribution in [0, 0.1) is 17.4 Å². The zero-order valence-electron chi connectivity index (χ0n) is 13.1. The van der Waals surface area contributed by atoms with Gasteiger partial charge in [0.2, 0.25) is 10.0 Å². The fourth-order valence-corrected chi connectivity index (χ4v) is 5.12. The van der Waals surface area contributed by atoms with Gasteiger partial charge in [-0.25, -0.2) is 8.42 Å². The highest BCUT2D eigenvalue weighted by Gasteiger charge is 2.32. The second-order valence-corrected chi connectivity index (χ2v) is 8.21. The first-order chi connectivity index (χ1) is 11.1. The number of nitriles is 1. The minimum absolute atomic E-state index is 0.0757. The zero-order valence-corrected chi connectivity index (χ0v) is 14.0. The SMILES string of the molecule is N#CN1CCC(CS(=O)(=O)N2CCN(c3ccccc3)CC2)C1. The van der Waals surface area contributed by atoms with Crippen LogP contribution in [0.25, 0.3) is 0 Å². The van der Waals surface area contributed by atoms with Gasteiger partial charge in [0.15, 0.2) is 6.19 Å². The molecule has 1 aromatic rings. The second-order valence-electron chi connectivity index (χ2n) is 6.20. The van der Waals surface area contributed by atoms with Crippen molar-refractivity contribution < 1.29 is 8.42 Å². The van der Waals surface area contributed by atoms with Crippen LogP contribution >= 0.6 is 0 Å². The summed E-state index contributed by atoms with van der Waals surface area (Å²) in [5.41, 5.74) is 1.14. The Bertz CT molecular complexity index is 663. The van der Waals surface area contributed by atoms with E-state index in [1.54, 1.807) is 9.21 Å². The summed E-state index contributed by atoms with van der Waals surface area (Å²) >= 11 is 0. The number of benzene rings is 1. The molecule has 6 nitrogen and oxygen atoms in total. The van der Waals surface area contributed by atoms with Crippen molar-refractivity contribution in [3.8, 4) is 6.19 Å². The number of piperazine rings is 1. The molecule has 2 fully saturated rings. The number of anilines is 1. The molecule has 0 saturated carbocycles. The summed E-state index contributed by atoms with van der Waals surface area (Å²) in [6.07, 6.45) is 2.89. The van der Waals surface area contributed by atoms with Crippen LogP contribution < -0.4 is 4.90 Å². The second kappa shape index (κ2) is 6.77. The minimum Gasteiger partial charge on any atom is -0.369 e. The third-order valence-electron chi connectivity index (χ3n) is 4.63. The Balaban J connectivity index is 1.55. The molecule has 1 aromatic carbocycles. The predicted molar refractivity (Wildman–Crippen MR) is 89.3 cm³/mol. The monoisotopic (exact) mass is 334 g/mol. The summed E-state index contributed by atoms with van der Waals surface area (Å²) in [7, 11) is -3.23. The van der Waals surface area contributed by atoms with Crippen molar-refractivity contribution in [2.75, 3.05) is 49.9 Å². The van der Waals surface area contributed by atoms with E-state index in [-0.39, 0.29) is 11.7 Å². The van der Waals surface area contributed by atoms with Crippen LogP contribution in [0.2, 0.25) is 0 Å². The van der Waals surface area contributed by atoms with E-state index < -0.39 is 10.0 Å². The normalized spacial score (nSPS) is 23.0. The Labute approximate surface area is 138 Å². The van der Waals surface area contributed by atoms with Gasteiger partial charge in [0, 0.05) is 45.0 Å². The first-order valence-corrected chi connectivity index (χ1v) is 9.62. The first kappa shape index (κ1) is 16.1. The van der Waals surface area contributed by atoms with Gasteiger partial charge in [-0.2, -0.15) is 9.57 Å². The van der Waals surface area contributed by atoms with E-state index >= 15 is 0 Å². The number of para-hydroxylation sites is 1. The minimum atomic E-state index is -3.23. The highest BCUT2D eigenvalue weighted by molar-refractivity contribution is 7.89. The van der Waals surface area contributed by atoms with Crippen LogP contribution in [-0.4, -0.2) is 62.6 Å². The van der Waals surface area contributed by atoms with Crippen LogP contribution in [0.3, 0.4) is 0 Å². The molecule has 23 heavy (non-hydrogen) atoms. The van der Waals surface area contributed by atoms with Crippen molar-refractivity contribution >= 4 is 15.7 Å². The molecule has 2 aliphatic heterocycles. The van der Waals surface area contributed by atoms with E-state index in [0.717, 1.165) is 25.2 Å². The highest BCUT2D eigenvalue weighted by atomic mass is 32.2. The smallest absolute Gasteiger partial charge is 0.214 e. The standard InChI is InChI=1S/C16H22N4O2S/c17-14-18-7-6-15(12-18)13-23(21,22)20-10-8-19(9-11-20)16-4-2-1-3-5-16/h1-5,15H,6-13H2. The molecular formula is C16H22N4O2S. The van der Waals surface area contributed by atoms with E-state index in [4.69, 9.17) is 5.26 Å². The van der Waals surface area contributed by atoms with E-state index in [2.05, 4.69) is 23.2 Å². The molecule has 0 N–H and O–H groups in total. The fraction of sp³-hybridized carbons (Fsp3) is 0.562. The molecule has 2 heterocycles. The van der Waals surface area contributed by atoms with E-state index in [0.29, 0.717) is 26.2 Å². The Kier molecular flexibility index (Phi) is 4.74. The molecule has 1 atom stereocenters. The average molecular weight is 334 g/mol. The van der Waals surface area contributed by atoms with Gasteiger partial charge < -0.3 is 9.80 Å². The molecule has 0 aliphatic carbocycles. The van der Waals surface area contributed by atoms with Gasteiger partial charge in [-0.1, -0.05) is 18.2 Å². The van der Waals surface area contributed by atoms with Crippen LogP contribution in [0.5, 0.6) is 0 Å². The van der Waals surface area contributed by atoms with Crippen molar-refractivity contribution in [1.82, 2.24) is 9.21 Å². The maximum atomic E-state index is 12.6. The van der Waals surface area contributed by atoms with Crippen molar-refractivity contribution in [2.24, 2.45) is 5.92 Å². The Morgan fingerprint density at radius 1 is 1.09 bits per heavy atom. The number of nitrogens with zero attached hydrogens (tertiary/aromatic N) is 4. The van der Waals surface area contributed by atoms with Crippen LogP contribution in [-0.2, 0) is 10.0 Å². The maximum absolute atomic E-state index is 12.6. The van der Waals surface area contributed by atoms with Gasteiger partial charge in [-0.15, -0.1) is 0 Å². The van der Waals surface area contributed by atoms with E-state index in [9.17, 15) is 8.42 Å². The molecule has 0 bridgehead atoms. The molecular weight excluding hydrogens is 312 g/mol. The number of likely N-dealkylation sites (tertiary alicyclic amines) is 1. The largest absolute Gasteiger partial charge is 0.369 e. The van der Waals surface area contributed by atoms with Gasteiger partial charge >= 0.3 is 0 Å². The summed E-state index contributed by atoms with van der Waals surface area (Å²) in [4.78, 5) is 3.87. The summed E-state index contributed by atoms with van der Waals surface area (Å²) in [5, 5.41) is 8.88. The molecule has 1 unspecified atom stereocenters. The number of hydrogen-bond acceptors (Lipinski definition) is 5. The Hall–Kier alpha value is -1.78. The lowest BCUT2D eigenvalue weighted by molar-refractivity contribution is 0.379. The molecule has 0 radical (unpaired) electrons. The number of sulfonamides is 1. The van der Waals surface area contributed by atoms with Crippen molar-refractivity contribution in [3.63, 3.8) is 0 Å². The third kappa shape index (κ3) is 3.77. The molecule has 0 aromatic heterocycles.